The monoisotopic (exact) mass is 262 g/mol. The van der Waals surface area contributed by atoms with E-state index in [9.17, 15) is 4.21 Å². The Morgan fingerprint density at radius 1 is 0.882 bits per heavy atom. The zero-order chi connectivity index (χ0) is 12.9. The van der Waals surface area contributed by atoms with Gasteiger partial charge in [0.1, 0.15) is 0 Å². The predicted octanol–water partition coefficient (Wildman–Crippen LogP) is 4.91. The average molecular weight is 262 g/mol. The van der Waals surface area contributed by atoms with Gasteiger partial charge in [-0.25, -0.2) is 4.21 Å². The molecule has 0 aromatic carbocycles. The van der Waals surface area contributed by atoms with Crippen LogP contribution in [0.15, 0.2) is 0 Å². The van der Waals surface area contributed by atoms with Crippen molar-refractivity contribution >= 4 is 11.1 Å². The standard InChI is InChI=1S/C14H30O2S/c1-3-4-5-6-7-8-9-10-11-12-13-14(2)17(15)16/h14H,3-13H2,1-2H3,(H,15,16). The van der Waals surface area contributed by atoms with Crippen molar-refractivity contribution in [3.63, 3.8) is 0 Å². The number of hydrogen-bond donors (Lipinski definition) is 1. The van der Waals surface area contributed by atoms with Crippen LogP contribution in [-0.4, -0.2) is 14.0 Å². The zero-order valence-electron chi connectivity index (χ0n) is 11.6. The highest BCUT2D eigenvalue weighted by Gasteiger charge is 2.06. The van der Waals surface area contributed by atoms with E-state index in [1.165, 1.54) is 57.8 Å². The third-order valence-electron chi connectivity index (χ3n) is 3.31. The molecule has 0 saturated carbocycles. The molecule has 0 saturated heterocycles. The lowest BCUT2D eigenvalue weighted by Gasteiger charge is -2.06. The van der Waals surface area contributed by atoms with Crippen molar-refractivity contribution in [3.05, 3.63) is 0 Å². The minimum atomic E-state index is -1.62. The molecule has 2 atom stereocenters. The SMILES string of the molecule is CCCCCCCCCCCCC(C)S(=O)O. The second kappa shape index (κ2) is 12.6. The molecule has 0 heterocycles. The van der Waals surface area contributed by atoms with E-state index in [2.05, 4.69) is 6.92 Å². The summed E-state index contributed by atoms with van der Waals surface area (Å²) in [5, 5.41) is -0.0518. The Morgan fingerprint density at radius 2 is 1.29 bits per heavy atom. The Hall–Kier alpha value is 0.110. The van der Waals surface area contributed by atoms with Gasteiger partial charge in [-0.3, -0.25) is 0 Å². The van der Waals surface area contributed by atoms with Gasteiger partial charge in [-0.2, -0.15) is 0 Å². The maximum Gasteiger partial charge on any atom is 0.155 e. The quantitative estimate of drug-likeness (QED) is 0.401. The fourth-order valence-electron chi connectivity index (χ4n) is 2.02. The number of unbranched alkanes of at least 4 members (excludes halogenated alkanes) is 9. The van der Waals surface area contributed by atoms with Gasteiger partial charge in [0.25, 0.3) is 0 Å². The van der Waals surface area contributed by atoms with Crippen LogP contribution in [0.25, 0.3) is 0 Å². The van der Waals surface area contributed by atoms with Crippen molar-refractivity contribution in [2.24, 2.45) is 0 Å². The molecule has 0 aromatic rings. The zero-order valence-corrected chi connectivity index (χ0v) is 12.4. The molecular formula is C14H30O2S. The van der Waals surface area contributed by atoms with Crippen LogP contribution in [-0.2, 0) is 11.1 Å². The van der Waals surface area contributed by atoms with E-state index in [1.54, 1.807) is 0 Å². The summed E-state index contributed by atoms with van der Waals surface area (Å²) in [5.74, 6) is 0. The van der Waals surface area contributed by atoms with Gasteiger partial charge in [0.15, 0.2) is 11.1 Å². The summed E-state index contributed by atoms with van der Waals surface area (Å²) < 4.78 is 19.5. The number of rotatable bonds is 12. The Balaban J connectivity index is 3.06. The van der Waals surface area contributed by atoms with E-state index in [0.29, 0.717) is 0 Å². The number of hydrogen-bond acceptors (Lipinski definition) is 1. The van der Waals surface area contributed by atoms with E-state index < -0.39 is 11.1 Å². The first kappa shape index (κ1) is 17.1. The van der Waals surface area contributed by atoms with E-state index in [-0.39, 0.29) is 5.25 Å². The van der Waals surface area contributed by atoms with Crippen molar-refractivity contribution in [1.82, 2.24) is 0 Å². The molecule has 0 radical (unpaired) electrons. The van der Waals surface area contributed by atoms with Gasteiger partial charge < -0.3 is 4.55 Å². The van der Waals surface area contributed by atoms with Crippen LogP contribution in [0.1, 0.15) is 84.5 Å². The highest BCUT2D eigenvalue weighted by molar-refractivity contribution is 7.79. The van der Waals surface area contributed by atoms with Crippen LogP contribution in [0.4, 0.5) is 0 Å². The van der Waals surface area contributed by atoms with Crippen LogP contribution >= 0.6 is 0 Å². The Morgan fingerprint density at radius 3 is 1.71 bits per heavy atom. The highest BCUT2D eigenvalue weighted by Crippen LogP contribution is 2.12. The summed E-state index contributed by atoms with van der Waals surface area (Å²) in [6, 6.07) is 0. The molecule has 3 heteroatoms. The minimum absolute atomic E-state index is 0.0518. The van der Waals surface area contributed by atoms with E-state index in [4.69, 9.17) is 4.55 Å². The van der Waals surface area contributed by atoms with Crippen molar-refractivity contribution < 1.29 is 8.76 Å². The van der Waals surface area contributed by atoms with Gasteiger partial charge in [0, 0.05) is 0 Å². The maximum atomic E-state index is 10.7. The van der Waals surface area contributed by atoms with Crippen molar-refractivity contribution in [1.29, 1.82) is 0 Å². The molecule has 0 rings (SSSR count). The largest absolute Gasteiger partial charge is 0.306 e. The molecule has 0 aromatic heterocycles. The third-order valence-corrected chi connectivity index (χ3v) is 4.23. The Bertz CT molecular complexity index is 183. The summed E-state index contributed by atoms with van der Waals surface area (Å²) in [4.78, 5) is 0. The first-order valence-electron chi connectivity index (χ1n) is 7.28. The molecule has 0 aliphatic heterocycles. The molecule has 0 bridgehead atoms. The molecule has 1 N–H and O–H groups in total. The summed E-state index contributed by atoms with van der Waals surface area (Å²) in [5.41, 5.74) is 0. The van der Waals surface area contributed by atoms with Gasteiger partial charge >= 0.3 is 0 Å². The van der Waals surface area contributed by atoms with Gasteiger partial charge in [-0.15, -0.1) is 0 Å². The molecule has 0 aliphatic carbocycles. The fourth-order valence-corrected chi connectivity index (χ4v) is 2.39. The van der Waals surface area contributed by atoms with E-state index in [1.807, 2.05) is 6.92 Å². The minimum Gasteiger partial charge on any atom is -0.306 e. The second-order valence-electron chi connectivity index (χ2n) is 5.06. The van der Waals surface area contributed by atoms with E-state index in [0.717, 1.165) is 12.8 Å². The molecule has 2 unspecified atom stereocenters. The predicted molar refractivity (Wildman–Crippen MR) is 76.7 cm³/mol. The van der Waals surface area contributed by atoms with Crippen LogP contribution in [0.5, 0.6) is 0 Å². The van der Waals surface area contributed by atoms with Gasteiger partial charge in [0.05, 0.1) is 5.25 Å². The lowest BCUT2D eigenvalue weighted by molar-refractivity contribution is 0.526. The Kier molecular flexibility index (Phi) is 12.6. The third kappa shape index (κ3) is 12.4. The van der Waals surface area contributed by atoms with Crippen LogP contribution in [0.3, 0.4) is 0 Å². The molecule has 17 heavy (non-hydrogen) atoms. The molecule has 0 spiro atoms. The smallest absolute Gasteiger partial charge is 0.155 e. The summed E-state index contributed by atoms with van der Waals surface area (Å²) >= 11 is -1.62. The van der Waals surface area contributed by atoms with Crippen LogP contribution in [0.2, 0.25) is 0 Å². The van der Waals surface area contributed by atoms with Crippen LogP contribution in [0, 0.1) is 0 Å². The van der Waals surface area contributed by atoms with Gasteiger partial charge in [-0.05, 0) is 13.3 Å². The molecule has 0 aliphatic rings. The normalized spacial score (nSPS) is 14.8. The summed E-state index contributed by atoms with van der Waals surface area (Å²) in [7, 11) is 0. The molecule has 0 amide bonds. The maximum absolute atomic E-state index is 10.7. The van der Waals surface area contributed by atoms with Gasteiger partial charge in [0.2, 0.25) is 0 Å². The topological polar surface area (TPSA) is 37.3 Å². The Labute approximate surface area is 110 Å². The van der Waals surface area contributed by atoms with Crippen LogP contribution < -0.4 is 0 Å². The first-order chi connectivity index (χ1) is 8.18. The summed E-state index contributed by atoms with van der Waals surface area (Å²) in [6.07, 6.45) is 14.1. The molecule has 104 valence electrons. The van der Waals surface area contributed by atoms with Crippen molar-refractivity contribution in [2.75, 3.05) is 0 Å². The fraction of sp³-hybridized carbons (Fsp3) is 1.00. The molecule has 0 fully saturated rings. The molecular weight excluding hydrogens is 232 g/mol. The molecule has 2 nitrogen and oxygen atoms in total. The highest BCUT2D eigenvalue weighted by atomic mass is 32.2. The average Bonchev–Trinajstić information content (AvgIpc) is 2.31. The van der Waals surface area contributed by atoms with E-state index >= 15 is 0 Å². The second-order valence-corrected chi connectivity index (χ2v) is 6.41. The first-order valence-corrected chi connectivity index (χ1v) is 8.45. The lowest BCUT2D eigenvalue weighted by atomic mass is 10.1. The van der Waals surface area contributed by atoms with Gasteiger partial charge in [-0.1, -0.05) is 71.1 Å². The van der Waals surface area contributed by atoms with Crippen molar-refractivity contribution in [3.8, 4) is 0 Å². The lowest BCUT2D eigenvalue weighted by Crippen LogP contribution is -2.08. The summed E-state index contributed by atoms with van der Waals surface area (Å²) in [6.45, 7) is 4.10. The van der Waals surface area contributed by atoms with Crippen molar-refractivity contribution in [2.45, 2.75) is 89.7 Å².